The molecule has 170 valence electrons. The van der Waals surface area contributed by atoms with Gasteiger partial charge in [-0.25, -0.2) is 14.6 Å². The molecule has 0 spiro atoms. The van der Waals surface area contributed by atoms with Crippen molar-refractivity contribution in [1.82, 2.24) is 29.2 Å². The summed E-state index contributed by atoms with van der Waals surface area (Å²) in [6, 6.07) is 6.92. The highest BCUT2D eigenvalue weighted by Gasteiger charge is 2.25. The molecular formula is C24H32N6O2. The van der Waals surface area contributed by atoms with Gasteiger partial charge in [0.15, 0.2) is 5.82 Å². The van der Waals surface area contributed by atoms with Crippen LogP contribution in [0.4, 0.5) is 0 Å². The minimum atomic E-state index is 0.230. The van der Waals surface area contributed by atoms with Crippen molar-refractivity contribution in [3.63, 3.8) is 0 Å². The summed E-state index contributed by atoms with van der Waals surface area (Å²) in [6.07, 6.45) is 6.02. The van der Waals surface area contributed by atoms with Crippen LogP contribution in [0.5, 0.6) is 5.75 Å². The highest BCUT2D eigenvalue weighted by Crippen LogP contribution is 2.38. The van der Waals surface area contributed by atoms with Gasteiger partial charge in [-0.05, 0) is 63.4 Å². The third-order valence-electron chi connectivity index (χ3n) is 6.57. The molecule has 4 heterocycles. The summed E-state index contributed by atoms with van der Waals surface area (Å²) >= 11 is 0. The van der Waals surface area contributed by atoms with E-state index < -0.39 is 0 Å². The van der Waals surface area contributed by atoms with Crippen LogP contribution in [0.3, 0.4) is 0 Å². The molecular weight excluding hydrogens is 404 g/mol. The number of rotatable bonds is 6. The normalized spacial score (nSPS) is 17.1. The lowest BCUT2D eigenvalue weighted by molar-refractivity contribution is 0.130. The SMILES string of the molecule is COCCN1CCC(c2ccc3c(c2)OCCn2cc(-c4ncnn4C(C)C)nc2-3)CC1. The molecule has 0 atom stereocenters. The number of ether oxygens (including phenoxy) is 2. The summed E-state index contributed by atoms with van der Waals surface area (Å²) < 4.78 is 15.5. The van der Waals surface area contributed by atoms with Crippen LogP contribution in [0.25, 0.3) is 22.9 Å². The molecule has 1 fully saturated rings. The predicted molar refractivity (Wildman–Crippen MR) is 123 cm³/mol. The van der Waals surface area contributed by atoms with Crippen LogP contribution in [0.15, 0.2) is 30.7 Å². The molecule has 32 heavy (non-hydrogen) atoms. The van der Waals surface area contributed by atoms with Crippen molar-refractivity contribution in [2.24, 2.45) is 0 Å². The Hall–Kier alpha value is -2.71. The van der Waals surface area contributed by atoms with Crippen molar-refractivity contribution >= 4 is 0 Å². The van der Waals surface area contributed by atoms with E-state index in [1.165, 1.54) is 18.4 Å². The topological polar surface area (TPSA) is 70.2 Å². The molecule has 2 aliphatic rings. The Balaban J connectivity index is 1.39. The monoisotopic (exact) mass is 436 g/mol. The minimum absolute atomic E-state index is 0.230. The van der Waals surface area contributed by atoms with Gasteiger partial charge in [0, 0.05) is 25.9 Å². The van der Waals surface area contributed by atoms with Crippen molar-refractivity contribution in [2.75, 3.05) is 40.0 Å². The van der Waals surface area contributed by atoms with E-state index in [4.69, 9.17) is 14.5 Å². The second kappa shape index (κ2) is 9.03. The van der Waals surface area contributed by atoms with Gasteiger partial charge in [0.1, 0.15) is 30.2 Å². The lowest BCUT2D eigenvalue weighted by atomic mass is 9.88. The number of aromatic nitrogens is 5. The molecule has 0 aliphatic carbocycles. The molecule has 0 radical (unpaired) electrons. The molecule has 2 aliphatic heterocycles. The molecule has 0 amide bonds. The van der Waals surface area contributed by atoms with E-state index in [1.807, 2.05) is 4.68 Å². The van der Waals surface area contributed by atoms with Crippen LogP contribution in [0, 0.1) is 0 Å². The Morgan fingerprint density at radius 2 is 2.00 bits per heavy atom. The Labute approximate surface area is 189 Å². The lowest BCUT2D eigenvalue weighted by Crippen LogP contribution is -2.35. The molecule has 2 aromatic heterocycles. The molecule has 1 aromatic carbocycles. The summed E-state index contributed by atoms with van der Waals surface area (Å²) in [4.78, 5) is 11.9. The molecule has 3 aromatic rings. The number of likely N-dealkylation sites (tertiary alicyclic amines) is 1. The number of imidazole rings is 1. The molecule has 0 saturated carbocycles. The second-order valence-corrected chi connectivity index (χ2v) is 8.98. The Morgan fingerprint density at radius 3 is 2.78 bits per heavy atom. The fraction of sp³-hybridized carbons (Fsp3) is 0.542. The second-order valence-electron chi connectivity index (χ2n) is 8.98. The van der Waals surface area contributed by atoms with Crippen LogP contribution < -0.4 is 4.74 Å². The zero-order valence-corrected chi connectivity index (χ0v) is 19.2. The maximum Gasteiger partial charge on any atom is 0.178 e. The fourth-order valence-corrected chi connectivity index (χ4v) is 4.78. The molecule has 1 saturated heterocycles. The minimum Gasteiger partial charge on any atom is -0.491 e. The third kappa shape index (κ3) is 4.04. The first kappa shape index (κ1) is 21.2. The standard InChI is InChI=1S/C24H32N6O2/c1-17(2)30-24(25-16-26-30)21-15-29-11-13-32-22-14-19(4-5-20(22)23(29)27-21)18-6-8-28(9-7-18)10-12-31-3/h4-5,14-18H,6-13H2,1-3H3. The zero-order chi connectivity index (χ0) is 22.1. The first-order chi connectivity index (χ1) is 15.6. The number of piperidine rings is 1. The molecule has 0 bridgehead atoms. The van der Waals surface area contributed by atoms with E-state index >= 15 is 0 Å². The van der Waals surface area contributed by atoms with Crippen LogP contribution in [-0.2, 0) is 11.3 Å². The highest BCUT2D eigenvalue weighted by atomic mass is 16.5. The molecule has 0 N–H and O–H groups in total. The van der Waals surface area contributed by atoms with Gasteiger partial charge in [-0.1, -0.05) is 6.07 Å². The third-order valence-corrected chi connectivity index (χ3v) is 6.57. The summed E-state index contributed by atoms with van der Waals surface area (Å²) in [6.45, 7) is 9.67. The number of nitrogens with zero attached hydrogens (tertiary/aromatic N) is 6. The zero-order valence-electron chi connectivity index (χ0n) is 19.2. The number of methoxy groups -OCH3 is 1. The average molecular weight is 437 g/mol. The van der Waals surface area contributed by atoms with E-state index in [9.17, 15) is 0 Å². The fourth-order valence-electron chi connectivity index (χ4n) is 4.78. The number of hydrogen-bond acceptors (Lipinski definition) is 6. The van der Waals surface area contributed by atoms with E-state index in [0.29, 0.717) is 12.5 Å². The largest absolute Gasteiger partial charge is 0.491 e. The summed E-state index contributed by atoms with van der Waals surface area (Å²) in [5, 5.41) is 4.37. The Bertz CT molecular complexity index is 1060. The van der Waals surface area contributed by atoms with Crippen molar-refractivity contribution in [1.29, 1.82) is 0 Å². The van der Waals surface area contributed by atoms with Gasteiger partial charge in [0.2, 0.25) is 0 Å². The quantitative estimate of drug-likeness (QED) is 0.588. The highest BCUT2D eigenvalue weighted by molar-refractivity contribution is 5.69. The van der Waals surface area contributed by atoms with E-state index in [-0.39, 0.29) is 6.04 Å². The van der Waals surface area contributed by atoms with Crippen molar-refractivity contribution in [3.8, 4) is 28.7 Å². The Kier molecular flexibility index (Phi) is 5.97. The van der Waals surface area contributed by atoms with E-state index in [1.54, 1.807) is 13.4 Å². The van der Waals surface area contributed by atoms with Gasteiger partial charge in [-0.3, -0.25) is 0 Å². The Morgan fingerprint density at radius 1 is 1.16 bits per heavy atom. The van der Waals surface area contributed by atoms with Gasteiger partial charge in [0.25, 0.3) is 0 Å². The molecule has 0 unspecified atom stereocenters. The molecule has 8 nitrogen and oxygen atoms in total. The first-order valence-electron chi connectivity index (χ1n) is 11.6. The summed E-state index contributed by atoms with van der Waals surface area (Å²) in [5.74, 6) is 3.25. The van der Waals surface area contributed by atoms with Crippen molar-refractivity contribution in [3.05, 3.63) is 36.3 Å². The summed E-state index contributed by atoms with van der Waals surface area (Å²) in [7, 11) is 1.77. The summed E-state index contributed by atoms with van der Waals surface area (Å²) in [5.41, 5.74) is 3.27. The van der Waals surface area contributed by atoms with Crippen molar-refractivity contribution in [2.45, 2.75) is 45.2 Å². The van der Waals surface area contributed by atoms with Gasteiger partial charge in [-0.15, -0.1) is 0 Å². The molecule has 8 heteroatoms. The smallest absolute Gasteiger partial charge is 0.178 e. The van der Waals surface area contributed by atoms with Gasteiger partial charge < -0.3 is 18.9 Å². The van der Waals surface area contributed by atoms with Crippen molar-refractivity contribution < 1.29 is 9.47 Å². The lowest BCUT2D eigenvalue weighted by Gasteiger charge is -2.32. The van der Waals surface area contributed by atoms with E-state index in [2.05, 4.69) is 57.8 Å². The number of hydrogen-bond donors (Lipinski definition) is 0. The van der Waals surface area contributed by atoms with Crippen LogP contribution in [0.1, 0.15) is 44.2 Å². The van der Waals surface area contributed by atoms with E-state index in [0.717, 1.165) is 61.4 Å². The van der Waals surface area contributed by atoms with Crippen LogP contribution >= 0.6 is 0 Å². The maximum atomic E-state index is 6.17. The predicted octanol–water partition coefficient (Wildman–Crippen LogP) is 3.61. The van der Waals surface area contributed by atoms with Crippen LogP contribution in [0.2, 0.25) is 0 Å². The van der Waals surface area contributed by atoms with Gasteiger partial charge in [-0.2, -0.15) is 5.10 Å². The van der Waals surface area contributed by atoms with Gasteiger partial charge in [0.05, 0.1) is 18.7 Å². The average Bonchev–Trinajstić information content (AvgIpc) is 3.42. The number of fused-ring (bicyclic) bond motifs is 3. The maximum absolute atomic E-state index is 6.17. The first-order valence-corrected chi connectivity index (χ1v) is 11.6. The molecule has 5 rings (SSSR count). The van der Waals surface area contributed by atoms with Gasteiger partial charge >= 0.3 is 0 Å². The number of benzene rings is 1. The van der Waals surface area contributed by atoms with Crippen LogP contribution in [-0.4, -0.2) is 69.2 Å².